The van der Waals surface area contributed by atoms with Crippen LogP contribution in [-0.2, 0) is 0 Å². The highest BCUT2D eigenvalue weighted by Gasteiger charge is 2.36. The van der Waals surface area contributed by atoms with E-state index in [0.717, 1.165) is 4.90 Å². The van der Waals surface area contributed by atoms with Crippen LogP contribution >= 0.6 is 15.9 Å². The minimum atomic E-state index is -0.403. The van der Waals surface area contributed by atoms with Gasteiger partial charge in [-0.3, -0.25) is 14.4 Å². The summed E-state index contributed by atoms with van der Waals surface area (Å²) >= 11 is 3.32. The molecule has 0 fully saturated rings. The lowest BCUT2D eigenvalue weighted by Crippen LogP contribution is -2.29. The predicted molar refractivity (Wildman–Crippen MR) is 119 cm³/mol. The van der Waals surface area contributed by atoms with Crippen molar-refractivity contribution in [2.24, 2.45) is 0 Å². The normalized spacial score (nSPS) is 12.5. The molecule has 1 heterocycles. The van der Waals surface area contributed by atoms with Crippen LogP contribution in [0.5, 0.6) is 11.5 Å². The number of halogens is 1. The summed E-state index contributed by atoms with van der Waals surface area (Å²) < 4.78 is 11.2. The van der Waals surface area contributed by atoms with Gasteiger partial charge in [0, 0.05) is 16.1 Å². The number of fused-ring (bicyclic) bond motifs is 1. The standard InChI is InChI=1S/C23H17BrN2O5/c1-30-16-8-10-20(31-2)19(12-16)25-21(27)13-3-6-15(7-4-13)26-22(28)17-9-5-14(24)11-18(17)23(26)29/h3-12H,1-2H3,(H,25,27). The molecule has 1 aliphatic rings. The van der Waals surface area contributed by atoms with Crippen molar-refractivity contribution >= 4 is 45.0 Å². The minimum Gasteiger partial charge on any atom is -0.497 e. The third-order valence-corrected chi connectivity index (χ3v) is 5.38. The number of carbonyl (C=O) groups excluding carboxylic acids is 3. The monoisotopic (exact) mass is 480 g/mol. The molecule has 0 aliphatic carbocycles. The Labute approximate surface area is 186 Å². The molecule has 0 spiro atoms. The lowest BCUT2D eigenvalue weighted by molar-refractivity contribution is 0.0925. The fourth-order valence-corrected chi connectivity index (χ4v) is 3.68. The molecule has 3 aromatic rings. The quantitative estimate of drug-likeness (QED) is 0.542. The molecule has 0 atom stereocenters. The van der Waals surface area contributed by atoms with E-state index in [1.807, 2.05) is 0 Å². The molecule has 0 radical (unpaired) electrons. The summed E-state index contributed by atoms with van der Waals surface area (Å²) in [6, 6.07) is 16.3. The van der Waals surface area contributed by atoms with E-state index in [9.17, 15) is 14.4 Å². The van der Waals surface area contributed by atoms with Crippen molar-refractivity contribution in [1.29, 1.82) is 0 Å². The maximum atomic E-state index is 12.7. The molecule has 4 rings (SSSR count). The second-order valence-corrected chi connectivity index (χ2v) is 7.62. The molecular weight excluding hydrogens is 464 g/mol. The van der Waals surface area contributed by atoms with Gasteiger partial charge in [-0.1, -0.05) is 15.9 Å². The zero-order chi connectivity index (χ0) is 22.1. The van der Waals surface area contributed by atoms with Crippen LogP contribution in [0.3, 0.4) is 0 Å². The van der Waals surface area contributed by atoms with Crippen LogP contribution in [0.15, 0.2) is 65.1 Å². The third kappa shape index (κ3) is 3.77. The number of nitrogens with zero attached hydrogens (tertiary/aromatic N) is 1. The smallest absolute Gasteiger partial charge is 0.266 e. The highest BCUT2D eigenvalue weighted by molar-refractivity contribution is 9.10. The number of hydrogen-bond acceptors (Lipinski definition) is 5. The molecule has 0 bridgehead atoms. The Morgan fingerprint density at radius 3 is 2.26 bits per heavy atom. The Morgan fingerprint density at radius 1 is 0.871 bits per heavy atom. The predicted octanol–water partition coefficient (Wildman–Crippen LogP) is 4.52. The first-order valence-corrected chi connectivity index (χ1v) is 10.0. The molecule has 8 heteroatoms. The van der Waals surface area contributed by atoms with Gasteiger partial charge in [0.25, 0.3) is 17.7 Å². The van der Waals surface area contributed by atoms with Crippen LogP contribution in [0.2, 0.25) is 0 Å². The van der Waals surface area contributed by atoms with Gasteiger partial charge in [0.05, 0.1) is 36.7 Å². The summed E-state index contributed by atoms with van der Waals surface area (Å²) in [4.78, 5) is 39.2. The zero-order valence-corrected chi connectivity index (χ0v) is 18.2. The maximum absolute atomic E-state index is 12.7. The molecule has 31 heavy (non-hydrogen) atoms. The Hall–Kier alpha value is -3.65. The van der Waals surface area contributed by atoms with Crippen LogP contribution in [-0.4, -0.2) is 31.9 Å². The average Bonchev–Trinajstić information content (AvgIpc) is 3.03. The van der Waals surface area contributed by atoms with Crippen molar-refractivity contribution in [3.05, 3.63) is 81.8 Å². The third-order valence-electron chi connectivity index (χ3n) is 4.89. The van der Waals surface area contributed by atoms with Crippen LogP contribution in [0.1, 0.15) is 31.1 Å². The second kappa shape index (κ2) is 8.23. The zero-order valence-electron chi connectivity index (χ0n) is 16.6. The summed E-state index contributed by atoms with van der Waals surface area (Å²) in [7, 11) is 3.04. The molecule has 0 saturated heterocycles. The maximum Gasteiger partial charge on any atom is 0.266 e. The average molecular weight is 481 g/mol. The van der Waals surface area contributed by atoms with Crippen molar-refractivity contribution in [1.82, 2.24) is 0 Å². The van der Waals surface area contributed by atoms with Crippen molar-refractivity contribution in [2.75, 3.05) is 24.4 Å². The molecule has 0 saturated carbocycles. The number of imide groups is 1. The number of nitrogens with one attached hydrogen (secondary N) is 1. The van der Waals surface area contributed by atoms with Crippen LogP contribution in [0.25, 0.3) is 0 Å². The van der Waals surface area contributed by atoms with Crippen molar-refractivity contribution in [3.8, 4) is 11.5 Å². The molecule has 156 valence electrons. The van der Waals surface area contributed by atoms with Gasteiger partial charge in [-0.2, -0.15) is 0 Å². The number of carbonyl (C=O) groups is 3. The topological polar surface area (TPSA) is 84.9 Å². The number of ether oxygens (including phenoxy) is 2. The summed E-state index contributed by atoms with van der Waals surface area (Å²) in [5, 5.41) is 2.78. The van der Waals surface area contributed by atoms with Crippen LogP contribution in [0.4, 0.5) is 11.4 Å². The van der Waals surface area contributed by atoms with Gasteiger partial charge in [0.15, 0.2) is 0 Å². The van der Waals surface area contributed by atoms with E-state index >= 15 is 0 Å². The van der Waals surface area contributed by atoms with Gasteiger partial charge < -0.3 is 14.8 Å². The number of rotatable bonds is 5. The lowest BCUT2D eigenvalue weighted by atomic mass is 10.1. The first-order chi connectivity index (χ1) is 14.9. The van der Waals surface area contributed by atoms with E-state index in [2.05, 4.69) is 21.2 Å². The van der Waals surface area contributed by atoms with Gasteiger partial charge >= 0.3 is 0 Å². The molecule has 1 aliphatic heterocycles. The highest BCUT2D eigenvalue weighted by atomic mass is 79.9. The van der Waals surface area contributed by atoms with E-state index in [-0.39, 0.29) is 5.91 Å². The van der Waals surface area contributed by atoms with Crippen LogP contribution < -0.4 is 19.7 Å². The molecule has 0 aromatic heterocycles. The Balaban J connectivity index is 1.56. The van der Waals surface area contributed by atoms with Gasteiger partial charge in [0.1, 0.15) is 11.5 Å². The fourth-order valence-electron chi connectivity index (χ4n) is 3.32. The minimum absolute atomic E-state index is 0.339. The molecule has 3 amide bonds. The fraction of sp³-hybridized carbons (Fsp3) is 0.0870. The van der Waals surface area contributed by atoms with Crippen molar-refractivity contribution in [2.45, 2.75) is 0 Å². The van der Waals surface area contributed by atoms with E-state index in [0.29, 0.717) is 44.0 Å². The van der Waals surface area contributed by atoms with Gasteiger partial charge in [-0.15, -0.1) is 0 Å². The largest absolute Gasteiger partial charge is 0.497 e. The lowest BCUT2D eigenvalue weighted by Gasteiger charge is -2.15. The summed E-state index contributed by atoms with van der Waals surface area (Å²) in [6.45, 7) is 0. The SMILES string of the molecule is COc1ccc(OC)c(NC(=O)c2ccc(N3C(=O)c4ccc(Br)cc4C3=O)cc2)c1. The Morgan fingerprint density at radius 2 is 1.58 bits per heavy atom. The molecule has 0 unspecified atom stereocenters. The van der Waals surface area contributed by atoms with Gasteiger partial charge in [-0.25, -0.2) is 4.90 Å². The van der Waals surface area contributed by atoms with Gasteiger partial charge in [0.2, 0.25) is 0 Å². The number of methoxy groups -OCH3 is 2. The van der Waals surface area contributed by atoms with Crippen LogP contribution in [0, 0.1) is 0 Å². The number of anilines is 2. The number of amides is 3. The van der Waals surface area contributed by atoms with Crippen molar-refractivity contribution in [3.63, 3.8) is 0 Å². The summed E-state index contributed by atoms with van der Waals surface area (Å²) in [5.41, 5.74) is 1.89. The van der Waals surface area contributed by atoms with Gasteiger partial charge in [-0.05, 0) is 54.6 Å². The summed E-state index contributed by atoms with van der Waals surface area (Å²) in [6.07, 6.45) is 0. The first kappa shape index (κ1) is 20.6. The summed E-state index contributed by atoms with van der Waals surface area (Å²) in [5.74, 6) is -0.110. The number of benzene rings is 3. The Bertz CT molecular complexity index is 1210. The van der Waals surface area contributed by atoms with Crippen molar-refractivity contribution < 1.29 is 23.9 Å². The molecular formula is C23H17BrN2O5. The number of hydrogen-bond donors (Lipinski definition) is 1. The van der Waals surface area contributed by atoms with E-state index in [1.54, 1.807) is 60.7 Å². The van der Waals surface area contributed by atoms with E-state index in [4.69, 9.17) is 9.47 Å². The molecule has 3 aromatic carbocycles. The van der Waals surface area contributed by atoms with E-state index in [1.165, 1.54) is 14.2 Å². The second-order valence-electron chi connectivity index (χ2n) is 6.70. The molecule has 1 N–H and O–H groups in total. The Kier molecular flexibility index (Phi) is 5.48. The first-order valence-electron chi connectivity index (χ1n) is 9.24. The van der Waals surface area contributed by atoms with E-state index < -0.39 is 11.8 Å². The highest BCUT2D eigenvalue weighted by Crippen LogP contribution is 2.31. The molecule has 7 nitrogen and oxygen atoms in total.